The van der Waals surface area contributed by atoms with Crippen LogP contribution in [0, 0.1) is 5.92 Å². The van der Waals surface area contributed by atoms with Crippen LogP contribution in [0.4, 0.5) is 11.5 Å². The maximum absolute atomic E-state index is 12.2. The van der Waals surface area contributed by atoms with Crippen LogP contribution in [-0.2, 0) is 4.79 Å². The van der Waals surface area contributed by atoms with Gasteiger partial charge in [0, 0.05) is 37.7 Å². The summed E-state index contributed by atoms with van der Waals surface area (Å²) in [6.45, 7) is 1.25. The van der Waals surface area contributed by atoms with Crippen molar-refractivity contribution in [3.05, 3.63) is 55.4 Å². The van der Waals surface area contributed by atoms with Gasteiger partial charge in [0.15, 0.2) is 5.82 Å². The third-order valence-corrected chi connectivity index (χ3v) is 3.88. The Kier molecular flexibility index (Phi) is 3.62. The highest BCUT2D eigenvalue weighted by Crippen LogP contribution is 2.24. The molecule has 4 rings (SSSR count). The normalized spacial score (nSPS) is 14.2. The maximum atomic E-state index is 12.2. The van der Waals surface area contributed by atoms with Crippen LogP contribution < -0.4 is 10.2 Å². The fourth-order valence-corrected chi connectivity index (χ4v) is 2.55. The molecular formula is C16H15N7O. The van der Waals surface area contributed by atoms with Crippen molar-refractivity contribution >= 4 is 17.4 Å². The Hall–Kier alpha value is -3.29. The first-order valence-electron chi connectivity index (χ1n) is 7.57. The number of amides is 1. The van der Waals surface area contributed by atoms with Gasteiger partial charge < -0.3 is 10.2 Å². The predicted octanol–water partition coefficient (Wildman–Crippen LogP) is 1.13. The lowest BCUT2D eigenvalue weighted by Gasteiger charge is -2.39. The Morgan fingerprint density at radius 2 is 2.04 bits per heavy atom. The van der Waals surface area contributed by atoms with Crippen LogP contribution >= 0.6 is 0 Å². The molecule has 0 aliphatic carbocycles. The van der Waals surface area contributed by atoms with Gasteiger partial charge in [0.25, 0.3) is 0 Å². The van der Waals surface area contributed by atoms with E-state index >= 15 is 0 Å². The molecule has 0 radical (unpaired) electrons. The van der Waals surface area contributed by atoms with E-state index in [9.17, 15) is 4.79 Å². The number of carbonyl (C=O) groups excluding carboxylic acids is 1. The Morgan fingerprint density at radius 1 is 1.17 bits per heavy atom. The summed E-state index contributed by atoms with van der Waals surface area (Å²) < 4.78 is 1.68. The molecule has 1 aliphatic heterocycles. The van der Waals surface area contributed by atoms with Crippen LogP contribution in [0.5, 0.6) is 0 Å². The first-order chi connectivity index (χ1) is 11.8. The second-order valence-corrected chi connectivity index (χ2v) is 5.52. The topological polar surface area (TPSA) is 88.8 Å². The molecule has 3 aromatic rings. The van der Waals surface area contributed by atoms with Gasteiger partial charge in [-0.15, -0.1) is 0 Å². The van der Waals surface area contributed by atoms with E-state index in [0.29, 0.717) is 24.6 Å². The molecule has 1 amide bonds. The molecule has 1 N–H and O–H groups in total. The van der Waals surface area contributed by atoms with Crippen molar-refractivity contribution in [2.45, 2.75) is 0 Å². The van der Waals surface area contributed by atoms with E-state index in [1.165, 1.54) is 6.33 Å². The van der Waals surface area contributed by atoms with E-state index in [1.54, 1.807) is 29.3 Å². The molecule has 4 heterocycles. The number of anilines is 2. The number of hydrogen-bond donors (Lipinski definition) is 1. The van der Waals surface area contributed by atoms with Crippen LogP contribution in [0.15, 0.2) is 55.4 Å². The molecule has 8 nitrogen and oxygen atoms in total. The first kappa shape index (κ1) is 14.3. The zero-order chi connectivity index (χ0) is 16.4. The fraction of sp³-hybridized carbons (Fsp3) is 0.188. The monoisotopic (exact) mass is 321 g/mol. The van der Waals surface area contributed by atoms with Crippen molar-refractivity contribution in [1.29, 1.82) is 0 Å². The molecule has 120 valence electrons. The second kappa shape index (κ2) is 6.07. The minimum atomic E-state index is -0.0617. The van der Waals surface area contributed by atoms with Gasteiger partial charge in [0.05, 0.1) is 17.8 Å². The zero-order valence-corrected chi connectivity index (χ0v) is 12.8. The van der Waals surface area contributed by atoms with Crippen LogP contribution in [0.3, 0.4) is 0 Å². The molecule has 1 fully saturated rings. The second-order valence-electron chi connectivity index (χ2n) is 5.52. The highest BCUT2D eigenvalue weighted by Gasteiger charge is 2.33. The Balaban J connectivity index is 1.39. The van der Waals surface area contributed by atoms with E-state index < -0.39 is 0 Å². The minimum Gasteiger partial charge on any atom is -0.355 e. The number of nitrogens with one attached hydrogen (secondary N) is 1. The minimum absolute atomic E-state index is 0.000561. The van der Waals surface area contributed by atoms with Crippen LogP contribution in [0.2, 0.25) is 0 Å². The summed E-state index contributed by atoms with van der Waals surface area (Å²) in [6.07, 6.45) is 8.34. The zero-order valence-electron chi connectivity index (χ0n) is 12.8. The lowest BCUT2D eigenvalue weighted by molar-refractivity contribution is -0.120. The summed E-state index contributed by atoms with van der Waals surface area (Å²) in [5.74, 6) is 1.43. The molecule has 0 unspecified atom stereocenters. The van der Waals surface area contributed by atoms with Gasteiger partial charge in [-0.2, -0.15) is 5.10 Å². The summed E-state index contributed by atoms with van der Waals surface area (Å²) in [6, 6.07) is 7.31. The molecule has 1 aliphatic rings. The SMILES string of the molecule is O=C(Nc1cccnc1)C1CN(c2cc(-n3cccn3)ncn2)C1. The average molecular weight is 321 g/mol. The standard InChI is InChI=1S/C16H15N7O/c24-16(21-13-3-1-4-17-8-13)12-9-22(10-12)14-7-15(19-11-18-14)23-6-2-5-20-23/h1-8,11-12H,9-10H2,(H,21,24). The number of rotatable bonds is 4. The molecule has 3 aromatic heterocycles. The lowest BCUT2D eigenvalue weighted by atomic mass is 9.99. The van der Waals surface area contributed by atoms with Crippen LogP contribution in [0.25, 0.3) is 5.82 Å². The molecule has 0 spiro atoms. The number of nitrogens with zero attached hydrogens (tertiary/aromatic N) is 6. The van der Waals surface area contributed by atoms with Crippen molar-refractivity contribution in [3.8, 4) is 5.82 Å². The van der Waals surface area contributed by atoms with Gasteiger partial charge in [-0.1, -0.05) is 0 Å². The van der Waals surface area contributed by atoms with Crippen molar-refractivity contribution < 1.29 is 4.79 Å². The summed E-state index contributed by atoms with van der Waals surface area (Å²) in [5.41, 5.74) is 0.712. The van der Waals surface area contributed by atoms with E-state index in [1.807, 2.05) is 29.3 Å². The van der Waals surface area contributed by atoms with Crippen molar-refractivity contribution in [3.63, 3.8) is 0 Å². The predicted molar refractivity (Wildman–Crippen MR) is 87.7 cm³/mol. The highest BCUT2D eigenvalue weighted by atomic mass is 16.2. The van der Waals surface area contributed by atoms with Gasteiger partial charge >= 0.3 is 0 Å². The number of aromatic nitrogens is 5. The van der Waals surface area contributed by atoms with E-state index in [-0.39, 0.29) is 11.8 Å². The van der Waals surface area contributed by atoms with Gasteiger partial charge in [-0.05, 0) is 18.2 Å². The Labute approximate surface area is 138 Å². The third kappa shape index (κ3) is 2.81. The average Bonchev–Trinajstić information content (AvgIpc) is 3.09. The highest BCUT2D eigenvalue weighted by molar-refractivity contribution is 5.94. The van der Waals surface area contributed by atoms with Gasteiger partial charge in [0.1, 0.15) is 12.1 Å². The van der Waals surface area contributed by atoms with E-state index in [4.69, 9.17) is 0 Å². The molecule has 0 bridgehead atoms. The van der Waals surface area contributed by atoms with Crippen LogP contribution in [0.1, 0.15) is 0 Å². The Morgan fingerprint density at radius 3 is 2.79 bits per heavy atom. The van der Waals surface area contributed by atoms with Crippen molar-refractivity contribution in [2.75, 3.05) is 23.3 Å². The first-order valence-corrected chi connectivity index (χ1v) is 7.57. The van der Waals surface area contributed by atoms with Gasteiger partial charge in [-0.25, -0.2) is 14.6 Å². The third-order valence-electron chi connectivity index (χ3n) is 3.88. The summed E-state index contributed by atoms with van der Waals surface area (Å²) in [7, 11) is 0. The molecule has 8 heteroatoms. The fourth-order valence-electron chi connectivity index (χ4n) is 2.55. The summed E-state index contributed by atoms with van der Waals surface area (Å²) >= 11 is 0. The molecule has 0 atom stereocenters. The molecule has 24 heavy (non-hydrogen) atoms. The summed E-state index contributed by atoms with van der Waals surface area (Å²) in [5, 5.41) is 7.03. The summed E-state index contributed by atoms with van der Waals surface area (Å²) in [4.78, 5) is 26.7. The number of carbonyl (C=O) groups is 1. The Bertz CT molecular complexity index is 829. The van der Waals surface area contributed by atoms with Gasteiger partial charge in [0.2, 0.25) is 5.91 Å². The smallest absolute Gasteiger partial charge is 0.231 e. The van der Waals surface area contributed by atoms with Crippen LogP contribution in [-0.4, -0.2) is 43.7 Å². The maximum Gasteiger partial charge on any atom is 0.231 e. The van der Waals surface area contributed by atoms with Crippen molar-refractivity contribution in [2.24, 2.45) is 5.92 Å². The molecule has 1 saturated heterocycles. The van der Waals surface area contributed by atoms with Crippen molar-refractivity contribution in [1.82, 2.24) is 24.7 Å². The number of pyridine rings is 1. The van der Waals surface area contributed by atoms with Gasteiger partial charge in [-0.3, -0.25) is 9.78 Å². The number of hydrogen-bond acceptors (Lipinski definition) is 6. The largest absolute Gasteiger partial charge is 0.355 e. The lowest BCUT2D eigenvalue weighted by Crippen LogP contribution is -2.52. The van der Waals surface area contributed by atoms with E-state index in [0.717, 1.165) is 5.82 Å². The molecule has 0 aromatic carbocycles. The molecular weight excluding hydrogens is 306 g/mol. The molecule has 0 saturated carbocycles. The quantitative estimate of drug-likeness (QED) is 0.775. The van der Waals surface area contributed by atoms with E-state index in [2.05, 4.69) is 25.4 Å².